The minimum atomic E-state index is -3.95. The van der Waals surface area contributed by atoms with E-state index in [1.165, 1.54) is 19.9 Å². The molecule has 2 aliphatic rings. The van der Waals surface area contributed by atoms with Crippen LogP contribution in [0.25, 0.3) is 0 Å². The third kappa shape index (κ3) is 3.93. The number of sulfone groups is 1. The lowest BCUT2D eigenvalue weighted by Crippen LogP contribution is -2.55. The van der Waals surface area contributed by atoms with E-state index in [4.69, 9.17) is 9.47 Å². The maximum absolute atomic E-state index is 13.1. The average Bonchev–Trinajstić information content (AvgIpc) is 2.92. The molecule has 2 saturated heterocycles. The number of ether oxygens (including phenoxy) is 2. The number of nitrogens with zero attached hydrogens (tertiary/aromatic N) is 1. The van der Waals surface area contributed by atoms with E-state index in [-0.39, 0.29) is 12.2 Å². The number of fused-ring (bicyclic) bond motifs is 1. The molecule has 2 aromatic rings. The van der Waals surface area contributed by atoms with Gasteiger partial charge < -0.3 is 9.47 Å². The van der Waals surface area contributed by atoms with Gasteiger partial charge in [-0.1, -0.05) is 66.7 Å². The van der Waals surface area contributed by atoms with E-state index in [9.17, 15) is 22.8 Å². The third-order valence-electron chi connectivity index (χ3n) is 5.94. The summed E-state index contributed by atoms with van der Waals surface area (Å²) < 4.78 is 35.5. The first-order chi connectivity index (χ1) is 15.6. The van der Waals surface area contributed by atoms with Crippen LogP contribution in [0.5, 0.6) is 0 Å². The largest absolute Gasteiger partial charge is 0.511 e. The Morgan fingerprint density at radius 2 is 1.61 bits per heavy atom. The molecule has 2 fully saturated rings. The van der Waals surface area contributed by atoms with Gasteiger partial charge in [0.25, 0.3) is 0 Å². The smallest absolute Gasteiger partial charge is 0.421 e. The van der Waals surface area contributed by atoms with E-state index in [0.717, 1.165) is 11.0 Å². The molecule has 33 heavy (non-hydrogen) atoms. The molecule has 9 heteroatoms. The molecule has 4 rings (SSSR count). The Morgan fingerprint density at radius 3 is 2.09 bits per heavy atom. The quantitative estimate of drug-likeness (QED) is 0.363. The van der Waals surface area contributed by atoms with Crippen LogP contribution in [0, 0.1) is 0 Å². The van der Waals surface area contributed by atoms with Gasteiger partial charge in [0, 0.05) is 0 Å². The average molecular weight is 470 g/mol. The van der Waals surface area contributed by atoms with Crippen LogP contribution in [0.15, 0.2) is 72.8 Å². The van der Waals surface area contributed by atoms with Gasteiger partial charge in [-0.2, -0.15) is 0 Å². The van der Waals surface area contributed by atoms with Crippen molar-refractivity contribution in [2.45, 2.75) is 42.7 Å². The summed E-state index contributed by atoms with van der Waals surface area (Å²) in [6.07, 6.45) is -1.30. The summed E-state index contributed by atoms with van der Waals surface area (Å²) in [4.78, 5) is 37.6. The zero-order valence-corrected chi connectivity index (χ0v) is 18.9. The second-order valence-corrected chi connectivity index (χ2v) is 10.7. The number of carbonyl (C=O) groups is 3. The first-order valence-corrected chi connectivity index (χ1v) is 11.9. The van der Waals surface area contributed by atoms with E-state index in [1.54, 1.807) is 48.5 Å². The SMILES string of the molecule is CC(=O)/C=C/[C@@]1(C)[C@H](OC(=O)OC(c2ccccc2)c2ccccc2)N2C(=O)C[C@H]2S1(=O)=O. The minimum Gasteiger partial charge on any atom is -0.421 e. The van der Waals surface area contributed by atoms with Crippen LogP contribution in [0.4, 0.5) is 4.79 Å². The molecular formula is C24H23NO7S. The lowest BCUT2D eigenvalue weighted by molar-refractivity contribution is -0.157. The summed E-state index contributed by atoms with van der Waals surface area (Å²) in [5, 5.41) is -1.11. The number of rotatable bonds is 6. The van der Waals surface area contributed by atoms with E-state index in [0.29, 0.717) is 11.1 Å². The molecule has 1 amide bonds. The number of allylic oxidation sites excluding steroid dienone is 1. The lowest BCUT2D eigenvalue weighted by Gasteiger charge is -2.36. The Morgan fingerprint density at radius 1 is 1.06 bits per heavy atom. The molecule has 0 radical (unpaired) electrons. The topological polar surface area (TPSA) is 107 Å². The Labute approximate surface area is 191 Å². The van der Waals surface area contributed by atoms with Gasteiger partial charge in [0.05, 0.1) is 6.42 Å². The maximum Gasteiger partial charge on any atom is 0.511 e. The summed E-state index contributed by atoms with van der Waals surface area (Å²) >= 11 is 0. The minimum absolute atomic E-state index is 0.197. The molecule has 0 N–H and O–H groups in total. The number of hydrogen-bond acceptors (Lipinski definition) is 7. The highest BCUT2D eigenvalue weighted by molar-refractivity contribution is 7.94. The summed E-state index contributed by atoms with van der Waals surface area (Å²) in [5.41, 5.74) is 1.38. The zero-order valence-electron chi connectivity index (χ0n) is 18.1. The van der Waals surface area contributed by atoms with Crippen LogP contribution >= 0.6 is 0 Å². The Kier molecular flexibility index (Phi) is 5.84. The van der Waals surface area contributed by atoms with Crippen LogP contribution in [-0.4, -0.2) is 47.5 Å². The highest BCUT2D eigenvalue weighted by Crippen LogP contribution is 2.47. The summed E-state index contributed by atoms with van der Waals surface area (Å²) in [6, 6.07) is 18.0. The fourth-order valence-corrected chi connectivity index (χ4v) is 6.26. The Hall–Kier alpha value is -3.46. The van der Waals surface area contributed by atoms with Gasteiger partial charge >= 0.3 is 6.16 Å². The van der Waals surface area contributed by atoms with Gasteiger partial charge in [0.15, 0.2) is 21.7 Å². The van der Waals surface area contributed by atoms with Crippen LogP contribution in [-0.2, 0) is 28.9 Å². The molecule has 0 saturated carbocycles. The number of benzene rings is 2. The number of hydrogen-bond donors (Lipinski definition) is 0. The van der Waals surface area contributed by atoms with E-state index in [1.807, 2.05) is 12.1 Å². The molecule has 0 unspecified atom stereocenters. The zero-order chi connectivity index (χ0) is 23.8. The molecule has 172 valence electrons. The summed E-state index contributed by atoms with van der Waals surface area (Å²) in [6.45, 7) is 2.60. The molecule has 2 aromatic carbocycles. The van der Waals surface area contributed by atoms with Crippen molar-refractivity contribution in [3.05, 3.63) is 83.9 Å². The molecule has 0 aromatic heterocycles. The van der Waals surface area contributed by atoms with Gasteiger partial charge in [-0.05, 0) is 31.1 Å². The van der Waals surface area contributed by atoms with Crippen molar-refractivity contribution in [3.8, 4) is 0 Å². The number of β-lactam (4-membered cyclic amide) rings is 1. The molecule has 0 spiro atoms. The van der Waals surface area contributed by atoms with Crippen molar-refractivity contribution in [2.75, 3.05) is 0 Å². The third-order valence-corrected chi connectivity index (χ3v) is 8.61. The summed E-state index contributed by atoms with van der Waals surface area (Å²) in [7, 11) is -3.95. The predicted molar refractivity (Wildman–Crippen MR) is 118 cm³/mol. The number of carbonyl (C=O) groups excluding carboxylic acids is 3. The lowest BCUT2D eigenvalue weighted by atomic mass is 10.0. The molecule has 2 heterocycles. The first-order valence-electron chi connectivity index (χ1n) is 10.4. The molecular weight excluding hydrogens is 446 g/mol. The first kappa shape index (κ1) is 22.7. The van der Waals surface area contributed by atoms with Crippen molar-refractivity contribution < 1.29 is 32.3 Å². The van der Waals surface area contributed by atoms with Crippen LogP contribution < -0.4 is 0 Å². The monoisotopic (exact) mass is 469 g/mol. The second kappa shape index (κ2) is 8.47. The van der Waals surface area contributed by atoms with Gasteiger partial charge in [0.1, 0.15) is 10.1 Å². The van der Waals surface area contributed by atoms with E-state index < -0.39 is 44.4 Å². The van der Waals surface area contributed by atoms with E-state index >= 15 is 0 Å². The predicted octanol–water partition coefficient (Wildman–Crippen LogP) is 3.15. The fraction of sp³-hybridized carbons (Fsp3) is 0.292. The van der Waals surface area contributed by atoms with Crippen LogP contribution in [0.3, 0.4) is 0 Å². The Balaban J connectivity index is 1.64. The number of ketones is 1. The van der Waals surface area contributed by atoms with Gasteiger partial charge in [0.2, 0.25) is 12.1 Å². The fourth-order valence-electron chi connectivity index (χ4n) is 4.09. The van der Waals surface area contributed by atoms with Crippen LogP contribution in [0.1, 0.15) is 37.5 Å². The van der Waals surface area contributed by atoms with E-state index in [2.05, 4.69) is 0 Å². The molecule has 0 bridgehead atoms. The van der Waals surface area contributed by atoms with Crippen molar-refractivity contribution >= 4 is 27.7 Å². The Bertz CT molecular complexity index is 1170. The van der Waals surface area contributed by atoms with Crippen molar-refractivity contribution in [1.82, 2.24) is 4.90 Å². The highest BCUT2D eigenvalue weighted by atomic mass is 32.2. The van der Waals surface area contributed by atoms with Crippen molar-refractivity contribution in [2.24, 2.45) is 0 Å². The van der Waals surface area contributed by atoms with Crippen LogP contribution in [0.2, 0.25) is 0 Å². The molecule has 3 atom stereocenters. The van der Waals surface area contributed by atoms with Gasteiger partial charge in [-0.3, -0.25) is 14.5 Å². The normalized spacial score (nSPS) is 25.5. The second-order valence-electron chi connectivity index (χ2n) is 8.17. The maximum atomic E-state index is 13.1. The highest BCUT2D eigenvalue weighted by Gasteiger charge is 2.68. The summed E-state index contributed by atoms with van der Waals surface area (Å²) in [5.74, 6) is -0.828. The molecule has 0 aliphatic carbocycles. The number of amides is 1. The van der Waals surface area contributed by atoms with Crippen molar-refractivity contribution in [1.29, 1.82) is 0 Å². The molecule has 2 aliphatic heterocycles. The standard InChI is InChI=1S/C24H23NO7S/c1-16(26)13-14-24(2)22(25-19(27)15-20(25)33(24,29)30)32-23(28)31-21(17-9-5-3-6-10-17)18-11-7-4-8-12-18/h3-14,20-22H,15H2,1-2H3/b14-13+/t20-,22+,24+/m1/s1. The molecule has 8 nitrogen and oxygen atoms in total. The van der Waals surface area contributed by atoms with Gasteiger partial charge in [-0.25, -0.2) is 13.2 Å². The van der Waals surface area contributed by atoms with Gasteiger partial charge in [-0.15, -0.1) is 0 Å². The van der Waals surface area contributed by atoms with Crippen molar-refractivity contribution in [3.63, 3.8) is 0 Å².